The minimum Gasteiger partial charge on any atom is -0.478 e. The molecule has 0 radical (unpaired) electrons. The summed E-state index contributed by atoms with van der Waals surface area (Å²) in [5.41, 5.74) is 0.439. The Labute approximate surface area is 116 Å². The first-order chi connectivity index (χ1) is 8.97. The molecule has 0 rings (SSSR count). The molecule has 1 N–H and O–H groups in total. The third-order valence-corrected chi connectivity index (χ3v) is 6.61. The lowest BCUT2D eigenvalue weighted by molar-refractivity contribution is -0.132. The van der Waals surface area contributed by atoms with Gasteiger partial charge in [0.05, 0.1) is 0 Å². The van der Waals surface area contributed by atoms with Crippen LogP contribution in [0, 0.1) is 0 Å². The summed E-state index contributed by atoms with van der Waals surface area (Å²) in [6.45, 7) is 5.64. The van der Waals surface area contributed by atoms with Crippen LogP contribution in [0.25, 0.3) is 0 Å². The second kappa shape index (κ2) is 9.25. The molecule has 0 aliphatic heterocycles. The SMILES string of the molecule is C=C(CCCC(CCC)[Si](OC)(OC)OC)C(=O)O. The second-order valence-electron chi connectivity index (χ2n) is 4.50. The zero-order valence-electron chi connectivity index (χ0n) is 12.4. The Morgan fingerprint density at radius 2 is 1.74 bits per heavy atom. The van der Waals surface area contributed by atoms with Crippen molar-refractivity contribution in [1.29, 1.82) is 0 Å². The average molecular weight is 290 g/mol. The largest absolute Gasteiger partial charge is 0.503 e. The van der Waals surface area contributed by atoms with Crippen LogP contribution in [-0.4, -0.2) is 41.2 Å². The van der Waals surface area contributed by atoms with Gasteiger partial charge >= 0.3 is 14.8 Å². The molecule has 0 saturated heterocycles. The predicted molar refractivity (Wildman–Crippen MR) is 76.1 cm³/mol. The summed E-state index contributed by atoms with van der Waals surface area (Å²) in [6, 6.07) is 0. The van der Waals surface area contributed by atoms with E-state index in [4.69, 9.17) is 18.4 Å². The maximum atomic E-state index is 10.7. The van der Waals surface area contributed by atoms with Crippen molar-refractivity contribution >= 4 is 14.8 Å². The van der Waals surface area contributed by atoms with Gasteiger partial charge in [0, 0.05) is 32.4 Å². The fourth-order valence-electron chi connectivity index (χ4n) is 2.27. The van der Waals surface area contributed by atoms with E-state index in [1.165, 1.54) is 0 Å². The zero-order chi connectivity index (χ0) is 14.9. The predicted octanol–water partition coefficient (Wildman–Crippen LogP) is 2.85. The smallest absolute Gasteiger partial charge is 0.478 e. The molecule has 0 bridgehead atoms. The van der Waals surface area contributed by atoms with Crippen molar-refractivity contribution in [3.63, 3.8) is 0 Å². The van der Waals surface area contributed by atoms with E-state index in [2.05, 4.69) is 13.5 Å². The summed E-state index contributed by atoms with van der Waals surface area (Å²) in [6.07, 6.45) is 4.01. The number of hydrogen-bond donors (Lipinski definition) is 1. The van der Waals surface area contributed by atoms with E-state index in [0.717, 1.165) is 25.7 Å². The van der Waals surface area contributed by atoms with Crippen LogP contribution in [0.4, 0.5) is 0 Å². The maximum absolute atomic E-state index is 10.7. The van der Waals surface area contributed by atoms with Crippen LogP contribution in [0.5, 0.6) is 0 Å². The number of aliphatic carboxylic acids is 1. The fourth-order valence-corrected chi connectivity index (χ4v) is 4.97. The van der Waals surface area contributed by atoms with Crippen molar-refractivity contribution in [2.75, 3.05) is 21.3 Å². The molecular formula is C13H26O5Si. The normalized spacial score (nSPS) is 13.3. The van der Waals surface area contributed by atoms with Crippen molar-refractivity contribution < 1.29 is 23.2 Å². The van der Waals surface area contributed by atoms with Crippen molar-refractivity contribution in [3.8, 4) is 0 Å². The Morgan fingerprint density at radius 3 is 2.11 bits per heavy atom. The molecule has 5 nitrogen and oxygen atoms in total. The van der Waals surface area contributed by atoms with Crippen LogP contribution in [0.15, 0.2) is 12.2 Å². The molecule has 1 unspecified atom stereocenters. The monoisotopic (exact) mass is 290 g/mol. The summed E-state index contributed by atoms with van der Waals surface area (Å²) < 4.78 is 16.5. The molecule has 112 valence electrons. The first-order valence-electron chi connectivity index (χ1n) is 6.53. The second-order valence-corrected chi connectivity index (χ2v) is 7.75. The van der Waals surface area contributed by atoms with E-state index in [9.17, 15) is 4.79 Å². The van der Waals surface area contributed by atoms with Crippen LogP contribution in [0.3, 0.4) is 0 Å². The molecule has 0 aliphatic rings. The molecule has 0 spiro atoms. The molecule has 0 aromatic rings. The molecule has 0 fully saturated rings. The van der Waals surface area contributed by atoms with Crippen LogP contribution < -0.4 is 0 Å². The van der Waals surface area contributed by atoms with Crippen LogP contribution >= 0.6 is 0 Å². The van der Waals surface area contributed by atoms with Gasteiger partial charge in [-0.05, 0) is 25.7 Å². The van der Waals surface area contributed by atoms with E-state index in [1.54, 1.807) is 21.3 Å². The summed E-state index contributed by atoms with van der Waals surface area (Å²) in [5.74, 6) is -0.930. The lowest BCUT2D eigenvalue weighted by Crippen LogP contribution is -2.47. The molecule has 0 amide bonds. The molecule has 0 aromatic heterocycles. The molecule has 0 aromatic carbocycles. The first-order valence-corrected chi connectivity index (χ1v) is 8.34. The van der Waals surface area contributed by atoms with Gasteiger partial charge in [-0.3, -0.25) is 0 Å². The Balaban J connectivity index is 4.55. The third kappa shape index (κ3) is 5.44. The Kier molecular flexibility index (Phi) is 8.91. The molecule has 6 heteroatoms. The number of carboxylic acid groups (broad SMARTS) is 1. The highest BCUT2D eigenvalue weighted by Gasteiger charge is 2.46. The highest BCUT2D eigenvalue weighted by Crippen LogP contribution is 2.33. The Morgan fingerprint density at radius 1 is 1.21 bits per heavy atom. The minimum absolute atomic E-state index is 0.194. The Bertz CT molecular complexity index is 280. The fraction of sp³-hybridized carbons (Fsp3) is 0.769. The maximum Gasteiger partial charge on any atom is 0.503 e. The van der Waals surface area contributed by atoms with Gasteiger partial charge in [0.2, 0.25) is 0 Å². The molecule has 1 atom stereocenters. The molecular weight excluding hydrogens is 264 g/mol. The molecule has 0 aliphatic carbocycles. The van der Waals surface area contributed by atoms with Crippen LogP contribution in [0.2, 0.25) is 5.54 Å². The molecule has 0 saturated carbocycles. The van der Waals surface area contributed by atoms with E-state index < -0.39 is 14.8 Å². The van der Waals surface area contributed by atoms with Gasteiger partial charge in [-0.1, -0.05) is 19.9 Å². The standard InChI is InChI=1S/C13H26O5Si/c1-6-8-12(19(16-3,17-4)18-5)10-7-9-11(2)13(14)15/h12H,2,6-10H2,1,3-5H3,(H,14,15). The highest BCUT2D eigenvalue weighted by molar-refractivity contribution is 6.62. The third-order valence-electron chi connectivity index (χ3n) is 3.32. The number of carbonyl (C=O) groups is 1. The van der Waals surface area contributed by atoms with Gasteiger partial charge in [0.1, 0.15) is 0 Å². The van der Waals surface area contributed by atoms with Crippen molar-refractivity contribution in [2.24, 2.45) is 0 Å². The zero-order valence-corrected chi connectivity index (χ0v) is 13.4. The van der Waals surface area contributed by atoms with E-state index in [0.29, 0.717) is 6.42 Å². The van der Waals surface area contributed by atoms with E-state index in [-0.39, 0.29) is 11.1 Å². The summed E-state index contributed by atoms with van der Waals surface area (Å²) in [7, 11) is 2.18. The Hall–Kier alpha value is -0.693. The first kappa shape index (κ1) is 18.3. The topological polar surface area (TPSA) is 65.0 Å². The van der Waals surface area contributed by atoms with Gasteiger partial charge < -0.3 is 18.4 Å². The summed E-state index contributed by atoms with van der Waals surface area (Å²) in [5, 5.41) is 8.78. The minimum atomic E-state index is -2.64. The number of carboxylic acids is 1. The highest BCUT2D eigenvalue weighted by atomic mass is 28.4. The van der Waals surface area contributed by atoms with E-state index >= 15 is 0 Å². The lowest BCUT2D eigenvalue weighted by Gasteiger charge is -2.32. The van der Waals surface area contributed by atoms with Crippen LogP contribution in [-0.2, 0) is 18.1 Å². The van der Waals surface area contributed by atoms with Crippen molar-refractivity contribution in [3.05, 3.63) is 12.2 Å². The molecule has 0 heterocycles. The molecule has 19 heavy (non-hydrogen) atoms. The lowest BCUT2D eigenvalue weighted by atomic mass is 10.1. The van der Waals surface area contributed by atoms with Crippen molar-refractivity contribution in [2.45, 2.75) is 44.6 Å². The number of hydrogen-bond acceptors (Lipinski definition) is 4. The van der Waals surface area contributed by atoms with Crippen LogP contribution in [0.1, 0.15) is 39.0 Å². The van der Waals surface area contributed by atoms with Gasteiger partial charge in [0.25, 0.3) is 0 Å². The summed E-state index contributed by atoms with van der Waals surface area (Å²) >= 11 is 0. The van der Waals surface area contributed by atoms with Gasteiger partial charge in [-0.2, -0.15) is 0 Å². The van der Waals surface area contributed by atoms with E-state index in [1.807, 2.05) is 0 Å². The summed E-state index contributed by atoms with van der Waals surface area (Å²) in [4.78, 5) is 10.7. The van der Waals surface area contributed by atoms with Gasteiger partial charge in [-0.15, -0.1) is 0 Å². The number of rotatable bonds is 11. The van der Waals surface area contributed by atoms with Gasteiger partial charge in [-0.25, -0.2) is 4.79 Å². The van der Waals surface area contributed by atoms with Gasteiger partial charge in [0.15, 0.2) is 0 Å². The van der Waals surface area contributed by atoms with Crippen molar-refractivity contribution in [1.82, 2.24) is 0 Å². The average Bonchev–Trinajstić information content (AvgIpc) is 2.41. The quantitative estimate of drug-likeness (QED) is 0.468.